The summed E-state index contributed by atoms with van der Waals surface area (Å²) in [5.41, 5.74) is 0.794. The maximum atomic E-state index is 11.6. The Kier molecular flexibility index (Phi) is 2.44. The molecule has 1 heteroatoms. The molecule has 1 aliphatic carbocycles. The van der Waals surface area contributed by atoms with Crippen LogP contribution in [0.5, 0.6) is 0 Å². The van der Waals surface area contributed by atoms with Gasteiger partial charge in [-0.15, -0.1) is 0 Å². The lowest BCUT2D eigenvalue weighted by Crippen LogP contribution is -2.17. The lowest BCUT2D eigenvalue weighted by molar-refractivity contribution is 0.101. The largest absolute Gasteiger partial charge is 0.294 e. The summed E-state index contributed by atoms with van der Waals surface area (Å²) in [4.78, 5) is 11.6. The Morgan fingerprint density at radius 1 is 1.31 bits per heavy atom. The maximum Gasteiger partial charge on any atom is 0.166 e. The monoisotopic (exact) mass is 172 g/mol. The van der Waals surface area contributed by atoms with Crippen molar-refractivity contribution >= 4 is 5.78 Å². The molecule has 0 spiro atoms. The molecule has 0 amide bonds. The number of carbonyl (C=O) groups excluding carboxylic acids is 1. The van der Waals surface area contributed by atoms with Gasteiger partial charge in [-0.1, -0.05) is 30.3 Å². The van der Waals surface area contributed by atoms with Crippen LogP contribution in [0.1, 0.15) is 23.2 Å². The van der Waals surface area contributed by atoms with Crippen molar-refractivity contribution < 1.29 is 4.79 Å². The summed E-state index contributed by atoms with van der Waals surface area (Å²) < 4.78 is 0. The van der Waals surface area contributed by atoms with Crippen LogP contribution in [0, 0.1) is 18.8 Å². The number of hydrogen-bond donors (Lipinski definition) is 0. The van der Waals surface area contributed by atoms with E-state index in [-0.39, 0.29) is 5.78 Å². The van der Waals surface area contributed by atoms with Gasteiger partial charge in [-0.3, -0.25) is 4.79 Å². The molecule has 1 aromatic carbocycles. The summed E-state index contributed by atoms with van der Waals surface area (Å²) in [6, 6.07) is 9.43. The predicted molar refractivity (Wildman–Crippen MR) is 52.1 cm³/mol. The Morgan fingerprint density at radius 3 is 2.54 bits per heavy atom. The van der Waals surface area contributed by atoms with Crippen molar-refractivity contribution in [3.63, 3.8) is 0 Å². The van der Waals surface area contributed by atoms with Crippen LogP contribution in [0.4, 0.5) is 0 Å². The van der Waals surface area contributed by atoms with Gasteiger partial charge in [-0.25, -0.2) is 0 Å². The van der Waals surface area contributed by atoms with Crippen molar-refractivity contribution in [1.29, 1.82) is 0 Å². The first-order valence-electron chi connectivity index (χ1n) is 4.64. The van der Waals surface area contributed by atoms with Gasteiger partial charge in [0.1, 0.15) is 0 Å². The molecule has 1 atom stereocenters. The van der Waals surface area contributed by atoms with Crippen LogP contribution < -0.4 is 0 Å². The third-order valence-electron chi connectivity index (χ3n) is 2.39. The van der Waals surface area contributed by atoms with Gasteiger partial charge in [0.05, 0.1) is 0 Å². The number of Topliss-reactive ketones (excluding diaryl/α,β-unsaturated/α-hetero) is 1. The van der Waals surface area contributed by atoms with Crippen LogP contribution in [0.15, 0.2) is 30.3 Å². The molecule has 0 saturated heterocycles. The third-order valence-corrected chi connectivity index (χ3v) is 2.39. The van der Waals surface area contributed by atoms with Gasteiger partial charge >= 0.3 is 0 Å². The fourth-order valence-electron chi connectivity index (χ4n) is 1.40. The molecule has 0 N–H and O–H groups in total. The molecule has 66 valence electrons. The Hall–Kier alpha value is -1.11. The van der Waals surface area contributed by atoms with Crippen LogP contribution in [-0.4, -0.2) is 5.78 Å². The van der Waals surface area contributed by atoms with Gasteiger partial charge in [0.2, 0.25) is 0 Å². The molecule has 13 heavy (non-hydrogen) atoms. The van der Waals surface area contributed by atoms with Gasteiger partial charge in [0.25, 0.3) is 0 Å². The Balaban J connectivity index is 1.97. The molecular formula is C12H12O. The third kappa shape index (κ3) is 1.97. The van der Waals surface area contributed by atoms with E-state index < -0.39 is 0 Å². The van der Waals surface area contributed by atoms with E-state index in [1.54, 1.807) is 0 Å². The average Bonchev–Trinajstić information content (AvgIpc) is 2.12. The van der Waals surface area contributed by atoms with Crippen molar-refractivity contribution in [3.8, 4) is 0 Å². The number of carbonyl (C=O) groups is 1. The summed E-state index contributed by atoms with van der Waals surface area (Å²) in [6.45, 7) is 0. The molecule has 1 fully saturated rings. The normalized spacial score (nSPS) is 16.6. The highest BCUT2D eigenvalue weighted by Crippen LogP contribution is 2.28. The zero-order valence-corrected chi connectivity index (χ0v) is 7.44. The van der Waals surface area contributed by atoms with E-state index in [1.165, 1.54) is 0 Å². The van der Waals surface area contributed by atoms with Crippen molar-refractivity contribution in [2.75, 3.05) is 0 Å². The van der Waals surface area contributed by atoms with Gasteiger partial charge in [0, 0.05) is 12.0 Å². The van der Waals surface area contributed by atoms with Crippen LogP contribution >= 0.6 is 0 Å². The molecule has 1 nitrogen and oxygen atoms in total. The van der Waals surface area contributed by atoms with E-state index in [4.69, 9.17) is 0 Å². The molecule has 1 unspecified atom stereocenters. The van der Waals surface area contributed by atoms with E-state index >= 15 is 0 Å². The lowest BCUT2D eigenvalue weighted by Gasteiger charge is -2.23. The molecule has 1 aliphatic rings. The minimum atomic E-state index is 0.154. The highest BCUT2D eigenvalue weighted by atomic mass is 16.1. The second kappa shape index (κ2) is 3.73. The van der Waals surface area contributed by atoms with Crippen LogP contribution in [0.25, 0.3) is 0 Å². The van der Waals surface area contributed by atoms with Crippen LogP contribution in [-0.2, 0) is 0 Å². The zero-order chi connectivity index (χ0) is 9.10. The molecule has 0 aromatic heterocycles. The predicted octanol–water partition coefficient (Wildman–Crippen LogP) is 2.69. The Morgan fingerprint density at radius 2 is 2.00 bits per heavy atom. The van der Waals surface area contributed by atoms with Gasteiger partial charge in [-0.05, 0) is 25.2 Å². The van der Waals surface area contributed by atoms with Crippen LogP contribution in [0.2, 0.25) is 0 Å². The Labute approximate surface area is 78.8 Å². The van der Waals surface area contributed by atoms with Crippen molar-refractivity contribution in [2.45, 2.75) is 12.8 Å². The molecule has 0 bridgehead atoms. The van der Waals surface area contributed by atoms with Gasteiger partial charge in [0.15, 0.2) is 5.78 Å². The Bertz CT molecular complexity index is 285. The number of hydrogen-bond acceptors (Lipinski definition) is 1. The fraction of sp³-hybridized carbons (Fsp3) is 0.250. The summed E-state index contributed by atoms with van der Waals surface area (Å²) in [5, 5.41) is 0. The molecule has 1 saturated carbocycles. The van der Waals surface area contributed by atoms with Crippen molar-refractivity contribution in [1.82, 2.24) is 0 Å². The standard InChI is InChI=1S/C12H12O/c13-12(9-10-5-4-6-10)11-7-2-1-3-8-11/h1-3,5,7-10H,4,6H2. The second-order valence-electron chi connectivity index (χ2n) is 3.37. The second-order valence-corrected chi connectivity index (χ2v) is 3.37. The van der Waals surface area contributed by atoms with Crippen LogP contribution in [0.3, 0.4) is 0 Å². The minimum absolute atomic E-state index is 0.154. The lowest BCUT2D eigenvalue weighted by atomic mass is 9.81. The quantitative estimate of drug-likeness (QED) is 0.641. The van der Waals surface area contributed by atoms with E-state index in [0.717, 1.165) is 18.4 Å². The van der Waals surface area contributed by atoms with Crippen molar-refractivity contribution in [3.05, 3.63) is 48.7 Å². The number of benzene rings is 1. The number of ketones is 1. The first kappa shape index (κ1) is 8.49. The molecule has 1 aromatic rings. The first-order chi connectivity index (χ1) is 6.36. The molecule has 2 rings (SSSR count). The SMILES string of the molecule is O=C([CH]C1[CH]CC1)c1ccccc1. The maximum absolute atomic E-state index is 11.6. The fourth-order valence-corrected chi connectivity index (χ4v) is 1.40. The molecular weight excluding hydrogens is 160 g/mol. The van der Waals surface area contributed by atoms with E-state index in [9.17, 15) is 4.79 Å². The summed E-state index contributed by atoms with van der Waals surface area (Å²) in [6.07, 6.45) is 6.29. The molecule has 0 heterocycles. The van der Waals surface area contributed by atoms with E-state index in [0.29, 0.717) is 5.92 Å². The van der Waals surface area contributed by atoms with E-state index in [2.05, 4.69) is 6.42 Å². The smallest absolute Gasteiger partial charge is 0.166 e. The topological polar surface area (TPSA) is 17.1 Å². The van der Waals surface area contributed by atoms with Gasteiger partial charge in [-0.2, -0.15) is 0 Å². The summed E-state index contributed by atoms with van der Waals surface area (Å²) in [5.74, 6) is 0.578. The van der Waals surface area contributed by atoms with Gasteiger partial charge < -0.3 is 0 Å². The number of rotatable bonds is 3. The van der Waals surface area contributed by atoms with E-state index in [1.807, 2.05) is 36.8 Å². The highest BCUT2D eigenvalue weighted by Gasteiger charge is 2.21. The highest BCUT2D eigenvalue weighted by molar-refractivity contribution is 6.02. The molecule has 2 radical (unpaired) electrons. The molecule has 0 aliphatic heterocycles. The first-order valence-corrected chi connectivity index (χ1v) is 4.64. The zero-order valence-electron chi connectivity index (χ0n) is 7.44. The van der Waals surface area contributed by atoms with Crippen molar-refractivity contribution in [2.24, 2.45) is 5.92 Å². The summed E-state index contributed by atoms with van der Waals surface area (Å²) >= 11 is 0. The minimum Gasteiger partial charge on any atom is -0.294 e. The summed E-state index contributed by atoms with van der Waals surface area (Å²) in [7, 11) is 0. The average molecular weight is 172 g/mol.